The van der Waals surface area contributed by atoms with Crippen LogP contribution in [0.3, 0.4) is 0 Å². The zero-order valence-corrected chi connectivity index (χ0v) is 14.8. The molecule has 0 bridgehead atoms. The molecule has 0 unspecified atom stereocenters. The Bertz CT molecular complexity index is 1050. The third-order valence-electron chi connectivity index (χ3n) is 4.93. The van der Waals surface area contributed by atoms with Crippen LogP contribution in [-0.2, 0) is 11.3 Å². The molecule has 0 radical (unpaired) electrons. The van der Waals surface area contributed by atoms with Gasteiger partial charge in [0.2, 0.25) is 5.91 Å². The molecule has 1 saturated heterocycles. The van der Waals surface area contributed by atoms with Crippen molar-refractivity contribution in [1.29, 1.82) is 0 Å². The van der Waals surface area contributed by atoms with Crippen LogP contribution in [0.5, 0.6) is 0 Å². The molecule has 0 N–H and O–H groups in total. The van der Waals surface area contributed by atoms with E-state index in [1.54, 1.807) is 9.58 Å². The third kappa shape index (κ3) is 2.77. The topological polar surface area (TPSA) is 85.9 Å². The first-order valence-corrected chi connectivity index (χ1v) is 8.71. The minimum atomic E-state index is -0.349. The number of fused-ring (bicyclic) bond motifs is 1. The maximum Gasteiger partial charge on any atom is 0.284 e. The van der Waals surface area contributed by atoms with Gasteiger partial charge in [0.1, 0.15) is 12.9 Å². The van der Waals surface area contributed by atoms with Crippen LogP contribution in [0.2, 0.25) is 0 Å². The first-order valence-electron chi connectivity index (χ1n) is 8.71. The number of hydrogen-bond acceptors (Lipinski definition) is 5. The molecule has 0 spiro atoms. The maximum absolute atomic E-state index is 12.7. The maximum atomic E-state index is 12.7. The van der Waals surface area contributed by atoms with Crippen LogP contribution in [0.1, 0.15) is 24.0 Å². The van der Waals surface area contributed by atoms with E-state index in [0.717, 1.165) is 37.2 Å². The van der Waals surface area contributed by atoms with E-state index in [2.05, 4.69) is 15.3 Å². The first kappa shape index (κ1) is 16.4. The van der Waals surface area contributed by atoms with Crippen molar-refractivity contribution >= 4 is 17.1 Å². The van der Waals surface area contributed by atoms with Crippen molar-refractivity contribution in [3.05, 3.63) is 46.0 Å². The predicted octanol–water partition coefficient (Wildman–Crippen LogP) is 1.22. The summed E-state index contributed by atoms with van der Waals surface area (Å²) in [6.07, 6.45) is 3.43. The Kier molecular flexibility index (Phi) is 4.02. The molecule has 1 amide bonds. The molecule has 2 aromatic heterocycles. The molecule has 3 aromatic rings. The van der Waals surface area contributed by atoms with Gasteiger partial charge in [-0.25, -0.2) is 4.98 Å². The third-order valence-corrected chi connectivity index (χ3v) is 4.93. The second kappa shape index (κ2) is 6.36. The number of amides is 1. The fourth-order valence-electron chi connectivity index (χ4n) is 3.20. The van der Waals surface area contributed by atoms with Gasteiger partial charge in [0.05, 0.1) is 5.69 Å². The molecule has 0 aliphatic carbocycles. The highest BCUT2D eigenvalue weighted by atomic mass is 16.2. The van der Waals surface area contributed by atoms with Crippen molar-refractivity contribution in [2.24, 2.45) is 0 Å². The summed E-state index contributed by atoms with van der Waals surface area (Å²) < 4.78 is 2.86. The lowest BCUT2D eigenvalue weighted by molar-refractivity contribution is -0.130. The molecule has 1 aromatic carbocycles. The van der Waals surface area contributed by atoms with E-state index in [4.69, 9.17) is 0 Å². The Labute approximate surface area is 150 Å². The lowest BCUT2D eigenvalue weighted by Gasteiger charge is -2.15. The minimum Gasteiger partial charge on any atom is -0.341 e. The summed E-state index contributed by atoms with van der Waals surface area (Å²) in [7, 11) is 0. The molecule has 8 nitrogen and oxygen atoms in total. The summed E-state index contributed by atoms with van der Waals surface area (Å²) in [5, 5.41) is 8.09. The fraction of sp³-hybridized carbons (Fsp3) is 0.389. The molecule has 134 valence electrons. The van der Waals surface area contributed by atoms with Crippen molar-refractivity contribution < 1.29 is 4.79 Å². The molecule has 3 heterocycles. The van der Waals surface area contributed by atoms with Gasteiger partial charge < -0.3 is 4.90 Å². The summed E-state index contributed by atoms with van der Waals surface area (Å²) in [5.74, 6) is -0.0627. The average molecular weight is 352 g/mol. The van der Waals surface area contributed by atoms with Crippen LogP contribution in [0.4, 0.5) is 0 Å². The highest BCUT2D eigenvalue weighted by molar-refractivity contribution is 5.77. The van der Waals surface area contributed by atoms with Gasteiger partial charge in [-0.3, -0.25) is 14.2 Å². The zero-order chi connectivity index (χ0) is 18.3. The van der Waals surface area contributed by atoms with Gasteiger partial charge in [0.15, 0.2) is 11.2 Å². The summed E-state index contributed by atoms with van der Waals surface area (Å²) >= 11 is 0. The van der Waals surface area contributed by atoms with Crippen LogP contribution >= 0.6 is 0 Å². The van der Waals surface area contributed by atoms with E-state index in [1.807, 2.05) is 32.0 Å². The van der Waals surface area contributed by atoms with Crippen molar-refractivity contribution in [3.63, 3.8) is 0 Å². The summed E-state index contributed by atoms with van der Waals surface area (Å²) in [6, 6.07) is 5.89. The van der Waals surface area contributed by atoms with E-state index in [0.29, 0.717) is 5.65 Å². The minimum absolute atomic E-state index is 0.0156. The Hall–Kier alpha value is -3.03. The number of hydrogen-bond donors (Lipinski definition) is 0. The molecular weight excluding hydrogens is 332 g/mol. The Morgan fingerprint density at radius 2 is 1.92 bits per heavy atom. The molecule has 8 heteroatoms. The molecular formula is C18H20N6O2. The SMILES string of the molecule is Cc1ccc(-n2nnc3c(=O)n(CC(=O)N4CCCC4)cnc32)cc1C. The van der Waals surface area contributed by atoms with Gasteiger partial charge in [-0.2, -0.15) is 4.68 Å². The number of aryl methyl sites for hydroxylation is 2. The van der Waals surface area contributed by atoms with Crippen molar-refractivity contribution in [1.82, 2.24) is 29.4 Å². The van der Waals surface area contributed by atoms with E-state index in [-0.39, 0.29) is 23.5 Å². The predicted molar refractivity (Wildman–Crippen MR) is 96.2 cm³/mol. The van der Waals surface area contributed by atoms with Crippen molar-refractivity contribution in [2.75, 3.05) is 13.1 Å². The number of aromatic nitrogens is 5. The first-order chi connectivity index (χ1) is 12.5. The summed E-state index contributed by atoms with van der Waals surface area (Å²) in [4.78, 5) is 31.1. The van der Waals surface area contributed by atoms with Gasteiger partial charge >= 0.3 is 0 Å². The molecule has 1 aliphatic heterocycles. The van der Waals surface area contributed by atoms with Gasteiger partial charge in [-0.15, -0.1) is 5.10 Å². The van der Waals surface area contributed by atoms with Crippen molar-refractivity contribution in [3.8, 4) is 5.69 Å². The Morgan fingerprint density at radius 3 is 2.65 bits per heavy atom. The van der Waals surface area contributed by atoms with Gasteiger partial charge in [0.25, 0.3) is 5.56 Å². The molecule has 4 rings (SSSR count). The smallest absolute Gasteiger partial charge is 0.284 e. The summed E-state index contributed by atoms with van der Waals surface area (Å²) in [5.41, 5.74) is 3.30. The summed E-state index contributed by atoms with van der Waals surface area (Å²) in [6.45, 7) is 5.55. The Morgan fingerprint density at radius 1 is 1.15 bits per heavy atom. The lowest BCUT2D eigenvalue weighted by Crippen LogP contribution is -2.34. The monoisotopic (exact) mass is 352 g/mol. The number of benzene rings is 1. The highest BCUT2D eigenvalue weighted by Crippen LogP contribution is 2.16. The van der Waals surface area contributed by atoms with Crippen LogP contribution in [0, 0.1) is 13.8 Å². The Balaban J connectivity index is 1.70. The largest absolute Gasteiger partial charge is 0.341 e. The lowest BCUT2D eigenvalue weighted by atomic mass is 10.1. The van der Waals surface area contributed by atoms with E-state index < -0.39 is 0 Å². The van der Waals surface area contributed by atoms with Crippen LogP contribution < -0.4 is 5.56 Å². The average Bonchev–Trinajstić information content (AvgIpc) is 3.29. The molecule has 1 aliphatic rings. The number of likely N-dealkylation sites (tertiary alicyclic amines) is 1. The van der Waals surface area contributed by atoms with E-state index in [1.165, 1.54) is 16.5 Å². The number of nitrogens with zero attached hydrogens (tertiary/aromatic N) is 6. The molecule has 26 heavy (non-hydrogen) atoms. The standard InChI is InChI=1S/C18H20N6O2/c1-12-5-6-14(9-13(12)2)24-17-16(20-21-24)18(26)23(11-19-17)10-15(25)22-7-3-4-8-22/h5-6,9,11H,3-4,7-8,10H2,1-2H3. The normalized spacial score (nSPS) is 14.3. The van der Waals surface area contributed by atoms with Gasteiger partial charge in [-0.1, -0.05) is 11.3 Å². The van der Waals surface area contributed by atoms with E-state index in [9.17, 15) is 9.59 Å². The quantitative estimate of drug-likeness (QED) is 0.707. The second-order valence-electron chi connectivity index (χ2n) is 6.71. The highest BCUT2D eigenvalue weighted by Gasteiger charge is 2.20. The zero-order valence-electron chi connectivity index (χ0n) is 14.8. The van der Waals surface area contributed by atoms with Crippen molar-refractivity contribution in [2.45, 2.75) is 33.2 Å². The second-order valence-corrected chi connectivity index (χ2v) is 6.71. The van der Waals surface area contributed by atoms with Gasteiger partial charge in [-0.05, 0) is 49.9 Å². The van der Waals surface area contributed by atoms with Crippen LogP contribution in [0.25, 0.3) is 16.9 Å². The number of rotatable bonds is 3. The van der Waals surface area contributed by atoms with Crippen LogP contribution in [-0.4, -0.2) is 48.4 Å². The van der Waals surface area contributed by atoms with Crippen LogP contribution in [0.15, 0.2) is 29.3 Å². The number of carbonyl (C=O) groups excluding carboxylic acids is 1. The van der Waals surface area contributed by atoms with Gasteiger partial charge in [0, 0.05) is 13.1 Å². The number of carbonyl (C=O) groups is 1. The molecule has 1 fully saturated rings. The molecule has 0 saturated carbocycles. The fourth-order valence-corrected chi connectivity index (χ4v) is 3.20. The molecule has 0 atom stereocenters. The van der Waals surface area contributed by atoms with E-state index >= 15 is 0 Å².